The maximum absolute atomic E-state index is 13.6. The summed E-state index contributed by atoms with van der Waals surface area (Å²) in [6.45, 7) is 3.08. The van der Waals surface area contributed by atoms with Crippen LogP contribution in [0.25, 0.3) is 0 Å². The summed E-state index contributed by atoms with van der Waals surface area (Å²) < 4.78 is 60.6. The minimum Gasteiger partial charge on any atom is -0.488 e. The Balaban J connectivity index is 2.25. The Morgan fingerprint density at radius 1 is 1.09 bits per heavy atom. The minimum absolute atomic E-state index is 0.0148. The molecule has 2 aromatic rings. The summed E-state index contributed by atoms with van der Waals surface area (Å²) in [7, 11) is -3.86. The molecule has 2 rings (SSSR count). The molecule has 0 fully saturated rings. The van der Waals surface area contributed by atoms with Crippen molar-refractivity contribution >= 4 is 10.1 Å². The highest BCUT2D eigenvalue weighted by Gasteiger charge is 2.16. The van der Waals surface area contributed by atoms with Crippen molar-refractivity contribution in [3.63, 3.8) is 0 Å². The van der Waals surface area contributed by atoms with E-state index in [0.29, 0.717) is 5.56 Å². The zero-order chi connectivity index (χ0) is 17.0. The van der Waals surface area contributed by atoms with E-state index in [2.05, 4.69) is 0 Å². The molecule has 23 heavy (non-hydrogen) atoms. The third-order valence-electron chi connectivity index (χ3n) is 3.11. The SMILES string of the molecule is CCOS(=O)(=O)c1ccc(C)c(OCc2cc(F)ccc2F)c1. The van der Waals surface area contributed by atoms with Gasteiger partial charge in [0, 0.05) is 11.6 Å². The van der Waals surface area contributed by atoms with E-state index in [4.69, 9.17) is 8.92 Å². The van der Waals surface area contributed by atoms with Crippen LogP contribution in [0.3, 0.4) is 0 Å². The Labute approximate surface area is 133 Å². The number of benzene rings is 2. The zero-order valence-electron chi connectivity index (χ0n) is 12.7. The van der Waals surface area contributed by atoms with Gasteiger partial charge >= 0.3 is 0 Å². The molecule has 0 amide bonds. The number of halogens is 2. The average Bonchev–Trinajstić information content (AvgIpc) is 2.49. The van der Waals surface area contributed by atoms with Gasteiger partial charge in [-0.1, -0.05) is 6.07 Å². The molecule has 4 nitrogen and oxygen atoms in total. The lowest BCUT2D eigenvalue weighted by Crippen LogP contribution is -2.07. The lowest BCUT2D eigenvalue weighted by atomic mass is 10.2. The van der Waals surface area contributed by atoms with Crippen molar-refractivity contribution in [1.82, 2.24) is 0 Å². The van der Waals surface area contributed by atoms with Crippen LogP contribution in [-0.4, -0.2) is 15.0 Å². The van der Waals surface area contributed by atoms with Crippen LogP contribution >= 0.6 is 0 Å². The van der Waals surface area contributed by atoms with E-state index in [0.717, 1.165) is 18.2 Å². The van der Waals surface area contributed by atoms with Crippen LogP contribution in [0.4, 0.5) is 8.78 Å². The largest absolute Gasteiger partial charge is 0.488 e. The van der Waals surface area contributed by atoms with E-state index in [1.54, 1.807) is 19.9 Å². The summed E-state index contributed by atoms with van der Waals surface area (Å²) in [5, 5.41) is 0. The first-order valence-corrected chi connectivity index (χ1v) is 8.31. The molecule has 0 heterocycles. The summed E-state index contributed by atoms with van der Waals surface area (Å²) in [5.41, 5.74) is 0.708. The topological polar surface area (TPSA) is 52.6 Å². The van der Waals surface area contributed by atoms with E-state index >= 15 is 0 Å². The van der Waals surface area contributed by atoms with Gasteiger partial charge in [-0.2, -0.15) is 8.42 Å². The van der Waals surface area contributed by atoms with Gasteiger partial charge < -0.3 is 4.74 Å². The molecule has 0 radical (unpaired) electrons. The monoisotopic (exact) mass is 342 g/mol. The lowest BCUT2D eigenvalue weighted by molar-refractivity contribution is 0.295. The molecule has 0 N–H and O–H groups in total. The molecular formula is C16H16F2O4S. The van der Waals surface area contributed by atoms with Crippen LogP contribution in [-0.2, 0) is 20.9 Å². The van der Waals surface area contributed by atoms with Gasteiger partial charge in [-0.15, -0.1) is 0 Å². The van der Waals surface area contributed by atoms with Gasteiger partial charge in [0.05, 0.1) is 11.5 Å². The minimum atomic E-state index is -3.86. The summed E-state index contributed by atoms with van der Waals surface area (Å²) in [4.78, 5) is -0.0559. The van der Waals surface area contributed by atoms with Gasteiger partial charge in [-0.25, -0.2) is 8.78 Å². The Morgan fingerprint density at radius 2 is 1.83 bits per heavy atom. The third kappa shape index (κ3) is 4.27. The fraction of sp³-hybridized carbons (Fsp3) is 0.250. The van der Waals surface area contributed by atoms with Gasteiger partial charge in [0.2, 0.25) is 0 Å². The van der Waals surface area contributed by atoms with E-state index in [-0.39, 0.29) is 29.4 Å². The molecule has 0 aliphatic rings. The summed E-state index contributed by atoms with van der Waals surface area (Å²) in [6.07, 6.45) is 0. The van der Waals surface area contributed by atoms with Gasteiger partial charge in [0.15, 0.2) is 0 Å². The van der Waals surface area contributed by atoms with Crippen LogP contribution in [0, 0.1) is 18.6 Å². The predicted molar refractivity (Wildman–Crippen MR) is 80.7 cm³/mol. The predicted octanol–water partition coefficient (Wildman–Crippen LogP) is 3.58. The highest BCUT2D eigenvalue weighted by Crippen LogP contribution is 2.25. The summed E-state index contributed by atoms with van der Waals surface area (Å²) in [6, 6.07) is 7.32. The van der Waals surface area contributed by atoms with E-state index in [1.807, 2.05) is 0 Å². The van der Waals surface area contributed by atoms with Gasteiger partial charge in [-0.3, -0.25) is 4.18 Å². The quantitative estimate of drug-likeness (QED) is 0.753. The molecule has 0 spiro atoms. The van der Waals surface area contributed by atoms with Gasteiger partial charge in [0.25, 0.3) is 10.1 Å². The van der Waals surface area contributed by atoms with Crippen molar-refractivity contribution in [1.29, 1.82) is 0 Å². The number of aryl methyl sites for hydroxylation is 1. The number of hydrogen-bond donors (Lipinski definition) is 0. The molecular weight excluding hydrogens is 326 g/mol. The smallest absolute Gasteiger partial charge is 0.297 e. The molecule has 7 heteroatoms. The molecule has 0 saturated carbocycles. The molecule has 124 valence electrons. The highest BCUT2D eigenvalue weighted by molar-refractivity contribution is 7.86. The van der Waals surface area contributed by atoms with Crippen molar-refractivity contribution in [2.24, 2.45) is 0 Å². The van der Waals surface area contributed by atoms with Crippen LogP contribution in [0.5, 0.6) is 5.75 Å². The van der Waals surface area contributed by atoms with Crippen molar-refractivity contribution in [3.8, 4) is 5.75 Å². The van der Waals surface area contributed by atoms with Crippen molar-refractivity contribution in [3.05, 3.63) is 59.2 Å². The molecule has 0 aromatic heterocycles. The normalized spacial score (nSPS) is 11.5. The van der Waals surface area contributed by atoms with E-state index in [9.17, 15) is 17.2 Å². The first-order valence-electron chi connectivity index (χ1n) is 6.90. The summed E-state index contributed by atoms with van der Waals surface area (Å²) in [5.74, 6) is -0.911. The number of rotatable bonds is 6. The average molecular weight is 342 g/mol. The van der Waals surface area contributed by atoms with Crippen LogP contribution in [0.15, 0.2) is 41.3 Å². The molecule has 0 atom stereocenters. The molecule has 0 aliphatic heterocycles. The molecule has 0 saturated heterocycles. The Bertz CT molecular complexity index is 804. The Hall–Kier alpha value is -1.99. The fourth-order valence-corrected chi connectivity index (χ4v) is 2.86. The van der Waals surface area contributed by atoms with Crippen molar-refractivity contribution < 1.29 is 26.1 Å². The Morgan fingerprint density at radius 3 is 2.52 bits per heavy atom. The van der Waals surface area contributed by atoms with E-state index in [1.165, 1.54) is 12.1 Å². The van der Waals surface area contributed by atoms with Gasteiger partial charge in [-0.05, 0) is 43.7 Å². The molecule has 0 unspecified atom stereocenters. The number of ether oxygens (including phenoxy) is 1. The van der Waals surface area contributed by atoms with Crippen LogP contribution in [0.2, 0.25) is 0 Å². The Kier molecular flexibility index (Phi) is 5.33. The van der Waals surface area contributed by atoms with Gasteiger partial charge in [0.1, 0.15) is 24.0 Å². The highest BCUT2D eigenvalue weighted by atomic mass is 32.2. The van der Waals surface area contributed by atoms with Crippen molar-refractivity contribution in [2.45, 2.75) is 25.3 Å². The maximum atomic E-state index is 13.6. The molecule has 2 aromatic carbocycles. The maximum Gasteiger partial charge on any atom is 0.297 e. The van der Waals surface area contributed by atoms with Crippen LogP contribution in [0.1, 0.15) is 18.1 Å². The lowest BCUT2D eigenvalue weighted by Gasteiger charge is -2.12. The van der Waals surface area contributed by atoms with Crippen LogP contribution < -0.4 is 4.74 Å². The number of hydrogen-bond acceptors (Lipinski definition) is 4. The zero-order valence-corrected chi connectivity index (χ0v) is 13.5. The van der Waals surface area contributed by atoms with E-state index < -0.39 is 21.8 Å². The molecule has 0 aliphatic carbocycles. The fourth-order valence-electron chi connectivity index (χ4n) is 1.92. The first-order chi connectivity index (χ1) is 10.8. The standard InChI is InChI=1S/C16H16F2O4S/c1-3-22-23(19,20)14-6-4-11(2)16(9-14)21-10-12-8-13(17)5-7-15(12)18/h4-9H,3,10H2,1-2H3. The third-order valence-corrected chi connectivity index (χ3v) is 4.49. The first kappa shape index (κ1) is 17.4. The summed E-state index contributed by atoms with van der Waals surface area (Å²) >= 11 is 0. The molecule has 0 bridgehead atoms. The second-order valence-corrected chi connectivity index (χ2v) is 6.43. The second kappa shape index (κ2) is 7.06. The second-order valence-electron chi connectivity index (χ2n) is 4.81. The van der Waals surface area contributed by atoms with Crippen molar-refractivity contribution in [2.75, 3.05) is 6.61 Å².